The molecule has 5 rings (SSSR count). The molecule has 4 nitrogen and oxygen atoms in total. The molecule has 2 heterocycles. The molecule has 0 saturated carbocycles. The molecule has 1 unspecified atom stereocenters. The summed E-state index contributed by atoms with van der Waals surface area (Å²) >= 11 is 0. The zero-order valence-electron chi connectivity index (χ0n) is 19.7. The van der Waals surface area contributed by atoms with Gasteiger partial charge >= 0.3 is 0 Å². The Bertz CT molecular complexity index is 1080. The fourth-order valence-electron chi connectivity index (χ4n) is 4.64. The molecule has 0 N–H and O–H groups in total. The van der Waals surface area contributed by atoms with Gasteiger partial charge in [0, 0.05) is 6.54 Å². The van der Waals surface area contributed by atoms with Crippen LogP contribution in [0.15, 0.2) is 60.7 Å². The zero-order chi connectivity index (χ0) is 22.6. The molecule has 0 amide bonds. The Kier molecular flexibility index (Phi) is 6.65. The summed E-state index contributed by atoms with van der Waals surface area (Å²) in [5, 5.41) is 0. The van der Waals surface area contributed by atoms with Gasteiger partial charge in [-0.3, -0.25) is 4.90 Å². The van der Waals surface area contributed by atoms with E-state index in [0.29, 0.717) is 6.61 Å². The van der Waals surface area contributed by atoms with Crippen LogP contribution in [-0.2, 0) is 17.7 Å². The van der Waals surface area contributed by atoms with Gasteiger partial charge in [0.2, 0.25) is 0 Å². The number of epoxide rings is 1. The summed E-state index contributed by atoms with van der Waals surface area (Å²) in [7, 11) is 1.72. The lowest BCUT2D eigenvalue weighted by atomic mass is 9.93. The predicted octanol–water partition coefficient (Wildman–Crippen LogP) is 5.63. The molecule has 0 spiro atoms. The van der Waals surface area contributed by atoms with Crippen molar-refractivity contribution in [3.05, 3.63) is 82.9 Å². The molecule has 3 aromatic carbocycles. The number of nitrogens with zero attached hydrogens (tertiary/aromatic N) is 1. The van der Waals surface area contributed by atoms with E-state index in [4.69, 9.17) is 14.2 Å². The minimum Gasteiger partial charge on any atom is -0.497 e. The standard InChI is InChI=1S/C29H33NO3/c1-21-15-22(5-6-25(21)18-30-13-3-4-14-30)16-24-9-12-27(31-2)17-29(24)23-7-10-26(11-8-23)32-19-28-20-33-28/h5-12,15,17,28H,3-4,13-14,16,18-20H2,1-2H3. The monoisotopic (exact) mass is 443 g/mol. The number of ether oxygens (including phenoxy) is 3. The highest BCUT2D eigenvalue weighted by molar-refractivity contribution is 5.70. The first kappa shape index (κ1) is 22.0. The van der Waals surface area contributed by atoms with Crippen molar-refractivity contribution < 1.29 is 14.2 Å². The molecule has 0 aliphatic carbocycles. The maximum atomic E-state index is 5.81. The molecule has 33 heavy (non-hydrogen) atoms. The molecule has 0 radical (unpaired) electrons. The summed E-state index contributed by atoms with van der Waals surface area (Å²) in [6, 6.07) is 21.7. The van der Waals surface area contributed by atoms with Gasteiger partial charge in [-0.05, 0) is 96.9 Å². The topological polar surface area (TPSA) is 34.2 Å². The van der Waals surface area contributed by atoms with E-state index in [-0.39, 0.29) is 6.10 Å². The average Bonchev–Trinajstić information content (AvgIpc) is 3.53. The van der Waals surface area contributed by atoms with Crippen molar-refractivity contribution in [3.63, 3.8) is 0 Å². The zero-order valence-corrected chi connectivity index (χ0v) is 19.7. The summed E-state index contributed by atoms with van der Waals surface area (Å²) < 4.78 is 16.6. The molecule has 2 saturated heterocycles. The second kappa shape index (κ2) is 9.98. The van der Waals surface area contributed by atoms with Gasteiger partial charge in [-0.25, -0.2) is 0 Å². The highest BCUT2D eigenvalue weighted by atomic mass is 16.6. The van der Waals surface area contributed by atoms with Gasteiger partial charge in [-0.15, -0.1) is 0 Å². The minimum absolute atomic E-state index is 0.264. The lowest BCUT2D eigenvalue weighted by Crippen LogP contribution is -2.18. The molecule has 4 heteroatoms. The number of hydrogen-bond donors (Lipinski definition) is 0. The maximum Gasteiger partial charge on any atom is 0.119 e. The first-order valence-corrected chi connectivity index (χ1v) is 12.0. The van der Waals surface area contributed by atoms with Crippen molar-refractivity contribution in [3.8, 4) is 22.6 Å². The minimum atomic E-state index is 0.264. The van der Waals surface area contributed by atoms with Crippen molar-refractivity contribution in [2.45, 2.75) is 38.8 Å². The van der Waals surface area contributed by atoms with Crippen LogP contribution in [0.4, 0.5) is 0 Å². The second-order valence-corrected chi connectivity index (χ2v) is 9.23. The summed E-state index contributed by atoms with van der Waals surface area (Å²) in [6.07, 6.45) is 3.82. The Hall–Kier alpha value is -2.82. The van der Waals surface area contributed by atoms with Gasteiger partial charge in [0.1, 0.15) is 24.2 Å². The Morgan fingerprint density at radius 3 is 2.33 bits per heavy atom. The van der Waals surface area contributed by atoms with Crippen LogP contribution in [0.2, 0.25) is 0 Å². The van der Waals surface area contributed by atoms with Crippen LogP contribution in [-0.4, -0.2) is 44.4 Å². The number of methoxy groups -OCH3 is 1. The van der Waals surface area contributed by atoms with Gasteiger partial charge < -0.3 is 14.2 Å². The molecule has 2 aliphatic rings. The van der Waals surface area contributed by atoms with E-state index in [0.717, 1.165) is 31.1 Å². The van der Waals surface area contributed by atoms with Gasteiger partial charge in [-0.2, -0.15) is 0 Å². The third-order valence-corrected chi connectivity index (χ3v) is 6.71. The average molecular weight is 444 g/mol. The highest BCUT2D eigenvalue weighted by Crippen LogP contribution is 2.31. The molecular formula is C29H33NO3. The van der Waals surface area contributed by atoms with Crippen molar-refractivity contribution >= 4 is 0 Å². The van der Waals surface area contributed by atoms with Crippen LogP contribution in [0.3, 0.4) is 0 Å². The van der Waals surface area contributed by atoms with Gasteiger partial charge in [0.05, 0.1) is 13.7 Å². The molecule has 0 aromatic heterocycles. The van der Waals surface area contributed by atoms with Crippen molar-refractivity contribution in [2.24, 2.45) is 0 Å². The first-order valence-electron chi connectivity index (χ1n) is 12.0. The van der Waals surface area contributed by atoms with Crippen molar-refractivity contribution in [1.82, 2.24) is 4.90 Å². The second-order valence-electron chi connectivity index (χ2n) is 9.23. The number of hydrogen-bond acceptors (Lipinski definition) is 4. The fourth-order valence-corrected chi connectivity index (χ4v) is 4.64. The van der Waals surface area contributed by atoms with E-state index in [1.165, 1.54) is 59.3 Å². The summed E-state index contributed by atoms with van der Waals surface area (Å²) in [4.78, 5) is 2.56. The molecule has 1 atom stereocenters. The van der Waals surface area contributed by atoms with Gasteiger partial charge in [-0.1, -0.05) is 36.4 Å². The van der Waals surface area contributed by atoms with Gasteiger partial charge in [0.25, 0.3) is 0 Å². The van der Waals surface area contributed by atoms with Crippen LogP contribution in [0.1, 0.15) is 35.1 Å². The van der Waals surface area contributed by atoms with Crippen LogP contribution in [0.5, 0.6) is 11.5 Å². The SMILES string of the molecule is COc1ccc(Cc2ccc(CN3CCCC3)c(C)c2)c(-c2ccc(OCC3CO3)cc2)c1. The lowest BCUT2D eigenvalue weighted by Gasteiger charge is -2.17. The van der Waals surface area contributed by atoms with Crippen LogP contribution < -0.4 is 9.47 Å². The lowest BCUT2D eigenvalue weighted by molar-refractivity contribution is 0.263. The highest BCUT2D eigenvalue weighted by Gasteiger charge is 2.23. The number of aryl methyl sites for hydroxylation is 1. The van der Waals surface area contributed by atoms with Crippen LogP contribution >= 0.6 is 0 Å². The van der Waals surface area contributed by atoms with Crippen molar-refractivity contribution in [1.29, 1.82) is 0 Å². The fraction of sp³-hybridized carbons (Fsp3) is 0.379. The summed E-state index contributed by atoms with van der Waals surface area (Å²) in [5.41, 5.74) is 7.83. The molecule has 172 valence electrons. The Balaban J connectivity index is 1.35. The molecule has 2 aliphatic heterocycles. The largest absolute Gasteiger partial charge is 0.497 e. The van der Waals surface area contributed by atoms with Crippen LogP contribution in [0, 0.1) is 6.92 Å². The van der Waals surface area contributed by atoms with Crippen LogP contribution in [0.25, 0.3) is 11.1 Å². The van der Waals surface area contributed by atoms with Crippen molar-refractivity contribution in [2.75, 3.05) is 33.4 Å². The quantitative estimate of drug-likeness (QED) is 0.401. The Morgan fingerprint density at radius 1 is 0.909 bits per heavy atom. The van der Waals surface area contributed by atoms with E-state index in [2.05, 4.69) is 60.4 Å². The maximum absolute atomic E-state index is 5.81. The van der Waals surface area contributed by atoms with E-state index in [9.17, 15) is 0 Å². The Morgan fingerprint density at radius 2 is 1.64 bits per heavy atom. The summed E-state index contributed by atoms with van der Waals surface area (Å²) in [6.45, 7) is 7.21. The molecule has 0 bridgehead atoms. The molecular weight excluding hydrogens is 410 g/mol. The third-order valence-electron chi connectivity index (χ3n) is 6.71. The normalized spacial score (nSPS) is 17.8. The Labute approximate surface area is 197 Å². The first-order chi connectivity index (χ1) is 16.2. The number of benzene rings is 3. The predicted molar refractivity (Wildman–Crippen MR) is 132 cm³/mol. The number of likely N-dealkylation sites (tertiary alicyclic amines) is 1. The number of rotatable bonds is 9. The van der Waals surface area contributed by atoms with E-state index < -0.39 is 0 Å². The van der Waals surface area contributed by atoms with E-state index >= 15 is 0 Å². The third kappa shape index (κ3) is 5.58. The summed E-state index contributed by atoms with van der Waals surface area (Å²) in [5.74, 6) is 1.75. The molecule has 3 aromatic rings. The van der Waals surface area contributed by atoms with E-state index in [1.54, 1.807) is 7.11 Å². The smallest absolute Gasteiger partial charge is 0.119 e. The molecule has 2 fully saturated rings. The van der Waals surface area contributed by atoms with E-state index in [1.807, 2.05) is 12.1 Å². The van der Waals surface area contributed by atoms with Gasteiger partial charge in [0.15, 0.2) is 0 Å².